The second-order valence-electron chi connectivity index (χ2n) is 4.75. The Morgan fingerprint density at radius 3 is 2.31 bits per heavy atom. The first-order valence-corrected chi connectivity index (χ1v) is 8.50. The van der Waals surface area contributed by atoms with E-state index in [1.807, 2.05) is 27.7 Å². The maximum Gasteiger partial charge on any atom is 0.293 e. The SMILES string of the molecule is CC.CC.CC(N)c1nc(C(=O)NCc2ccc(F)cc2)c(O)c(=O)[nH]1. The molecule has 0 radical (unpaired) electrons. The Bertz CT molecular complexity index is 743. The Balaban J connectivity index is 0.00000146. The molecule has 0 bridgehead atoms. The van der Waals surface area contributed by atoms with Crippen LogP contribution in [-0.4, -0.2) is 21.0 Å². The fourth-order valence-corrected chi connectivity index (χ4v) is 1.73. The highest BCUT2D eigenvalue weighted by Crippen LogP contribution is 2.11. The number of amides is 1. The molecule has 0 saturated heterocycles. The molecule has 2 aromatic rings. The zero-order valence-corrected chi connectivity index (χ0v) is 15.8. The summed E-state index contributed by atoms with van der Waals surface area (Å²) in [5.74, 6) is -1.80. The zero-order valence-electron chi connectivity index (χ0n) is 15.8. The minimum absolute atomic E-state index is 0.0923. The molecule has 2 rings (SSSR count). The molecule has 1 unspecified atom stereocenters. The van der Waals surface area contributed by atoms with Crippen LogP contribution in [0.4, 0.5) is 4.39 Å². The number of aromatic nitrogens is 2. The fraction of sp³-hybridized carbons (Fsp3) is 0.389. The van der Waals surface area contributed by atoms with Crippen molar-refractivity contribution in [2.24, 2.45) is 5.73 Å². The van der Waals surface area contributed by atoms with Crippen molar-refractivity contribution in [1.29, 1.82) is 0 Å². The second-order valence-corrected chi connectivity index (χ2v) is 4.75. The van der Waals surface area contributed by atoms with Crippen LogP contribution in [0.15, 0.2) is 29.1 Å². The van der Waals surface area contributed by atoms with Gasteiger partial charge in [0, 0.05) is 6.54 Å². The summed E-state index contributed by atoms with van der Waals surface area (Å²) in [6.45, 7) is 9.68. The molecule has 26 heavy (non-hydrogen) atoms. The predicted octanol–water partition coefficient (Wildman–Crippen LogP) is 2.62. The summed E-state index contributed by atoms with van der Waals surface area (Å²) in [7, 11) is 0. The monoisotopic (exact) mass is 366 g/mol. The van der Waals surface area contributed by atoms with Gasteiger partial charge in [0.15, 0.2) is 5.69 Å². The van der Waals surface area contributed by atoms with E-state index in [1.165, 1.54) is 24.3 Å². The molecule has 7 nitrogen and oxygen atoms in total. The lowest BCUT2D eigenvalue weighted by Crippen LogP contribution is -2.28. The van der Waals surface area contributed by atoms with Crippen LogP contribution in [0.2, 0.25) is 0 Å². The van der Waals surface area contributed by atoms with Gasteiger partial charge in [-0.05, 0) is 24.6 Å². The lowest BCUT2D eigenvalue weighted by molar-refractivity contribution is 0.0942. The van der Waals surface area contributed by atoms with Gasteiger partial charge in [-0.2, -0.15) is 0 Å². The molecule has 1 aromatic carbocycles. The molecule has 0 fully saturated rings. The van der Waals surface area contributed by atoms with Crippen LogP contribution in [-0.2, 0) is 6.54 Å². The second kappa shape index (κ2) is 11.8. The van der Waals surface area contributed by atoms with E-state index in [9.17, 15) is 19.1 Å². The van der Waals surface area contributed by atoms with E-state index in [0.717, 1.165) is 0 Å². The van der Waals surface area contributed by atoms with E-state index in [0.29, 0.717) is 5.56 Å². The average Bonchev–Trinajstić information content (AvgIpc) is 2.66. The topological polar surface area (TPSA) is 121 Å². The van der Waals surface area contributed by atoms with Crippen LogP contribution in [0.1, 0.15) is 62.5 Å². The van der Waals surface area contributed by atoms with Crippen LogP contribution in [0.25, 0.3) is 0 Å². The van der Waals surface area contributed by atoms with Crippen LogP contribution in [0.3, 0.4) is 0 Å². The molecule has 144 valence electrons. The van der Waals surface area contributed by atoms with Crippen LogP contribution in [0, 0.1) is 5.82 Å². The highest BCUT2D eigenvalue weighted by molar-refractivity contribution is 5.94. The molecule has 1 amide bonds. The minimum Gasteiger partial charge on any atom is -0.501 e. The van der Waals surface area contributed by atoms with Crippen LogP contribution in [0.5, 0.6) is 5.75 Å². The van der Waals surface area contributed by atoms with Crippen molar-refractivity contribution in [1.82, 2.24) is 15.3 Å². The summed E-state index contributed by atoms with van der Waals surface area (Å²) in [6, 6.07) is 4.94. The van der Waals surface area contributed by atoms with E-state index in [1.54, 1.807) is 6.92 Å². The Hall–Kier alpha value is -2.74. The van der Waals surface area contributed by atoms with Crippen molar-refractivity contribution < 1.29 is 14.3 Å². The molecule has 0 aliphatic carbocycles. The number of halogens is 1. The summed E-state index contributed by atoms with van der Waals surface area (Å²) < 4.78 is 12.8. The smallest absolute Gasteiger partial charge is 0.293 e. The molecule has 1 atom stereocenters. The van der Waals surface area contributed by atoms with Gasteiger partial charge in [0.1, 0.15) is 11.6 Å². The molecule has 1 aromatic heterocycles. The zero-order chi connectivity index (χ0) is 20.3. The molecule has 0 spiro atoms. The number of carbonyl (C=O) groups excluding carboxylic acids is 1. The number of aromatic amines is 1. The number of hydrogen-bond donors (Lipinski definition) is 4. The van der Waals surface area contributed by atoms with Gasteiger partial charge >= 0.3 is 0 Å². The number of nitrogens with zero attached hydrogens (tertiary/aromatic N) is 1. The van der Waals surface area contributed by atoms with Crippen molar-refractivity contribution in [3.8, 4) is 5.75 Å². The minimum atomic E-state index is -0.839. The van der Waals surface area contributed by atoms with Gasteiger partial charge in [-0.1, -0.05) is 39.8 Å². The number of carbonyl (C=O) groups is 1. The van der Waals surface area contributed by atoms with Crippen molar-refractivity contribution >= 4 is 5.91 Å². The maximum atomic E-state index is 12.8. The fourth-order valence-electron chi connectivity index (χ4n) is 1.73. The molecule has 0 aliphatic heterocycles. The molecular weight excluding hydrogens is 339 g/mol. The lowest BCUT2D eigenvalue weighted by Gasteiger charge is -2.09. The first kappa shape index (κ1) is 23.3. The first-order chi connectivity index (χ1) is 12.4. The molecular formula is C18H27FN4O3. The summed E-state index contributed by atoms with van der Waals surface area (Å²) in [4.78, 5) is 29.7. The number of nitrogens with one attached hydrogen (secondary N) is 2. The Morgan fingerprint density at radius 2 is 1.81 bits per heavy atom. The number of H-pyrrole nitrogens is 1. The number of benzene rings is 1. The first-order valence-electron chi connectivity index (χ1n) is 8.50. The van der Waals surface area contributed by atoms with Crippen molar-refractivity contribution in [2.45, 2.75) is 47.2 Å². The van der Waals surface area contributed by atoms with E-state index >= 15 is 0 Å². The quantitative estimate of drug-likeness (QED) is 0.663. The number of hydrogen-bond acceptors (Lipinski definition) is 5. The maximum absolute atomic E-state index is 12.8. The number of rotatable bonds is 4. The van der Waals surface area contributed by atoms with Gasteiger partial charge in [0.2, 0.25) is 5.75 Å². The van der Waals surface area contributed by atoms with Crippen molar-refractivity contribution in [3.63, 3.8) is 0 Å². The van der Waals surface area contributed by atoms with Gasteiger partial charge in [-0.3, -0.25) is 9.59 Å². The Labute approximate surface area is 152 Å². The highest BCUT2D eigenvalue weighted by Gasteiger charge is 2.18. The highest BCUT2D eigenvalue weighted by atomic mass is 19.1. The standard InChI is InChI=1S/C14H15FN4O3.2C2H6/c1-7(16)12-18-10(11(20)14(22)19-12)13(21)17-6-8-2-4-9(15)5-3-8;2*1-2/h2-5,7,20H,6,16H2,1H3,(H,17,21)(H,18,19,22);2*1-2H3. The third-order valence-electron chi connectivity index (χ3n) is 2.93. The lowest BCUT2D eigenvalue weighted by atomic mass is 10.2. The Morgan fingerprint density at radius 1 is 1.27 bits per heavy atom. The molecule has 5 N–H and O–H groups in total. The van der Waals surface area contributed by atoms with E-state index in [4.69, 9.17) is 5.73 Å². The predicted molar refractivity (Wildman–Crippen MR) is 99.4 cm³/mol. The van der Waals surface area contributed by atoms with Gasteiger partial charge in [-0.15, -0.1) is 0 Å². The normalized spacial score (nSPS) is 10.6. The van der Waals surface area contributed by atoms with Gasteiger partial charge in [0.25, 0.3) is 11.5 Å². The summed E-state index contributed by atoms with van der Waals surface area (Å²) in [6.07, 6.45) is 0. The summed E-state index contributed by atoms with van der Waals surface area (Å²) in [5.41, 5.74) is 5.02. The van der Waals surface area contributed by atoms with Crippen LogP contribution < -0.4 is 16.6 Å². The molecule has 1 heterocycles. The summed E-state index contributed by atoms with van der Waals surface area (Å²) in [5, 5.41) is 12.1. The number of aromatic hydroxyl groups is 1. The third-order valence-corrected chi connectivity index (χ3v) is 2.93. The largest absolute Gasteiger partial charge is 0.501 e. The number of nitrogens with two attached hydrogens (primary N) is 1. The van der Waals surface area contributed by atoms with Crippen LogP contribution >= 0.6 is 0 Å². The van der Waals surface area contributed by atoms with E-state index < -0.39 is 29.0 Å². The van der Waals surface area contributed by atoms with Gasteiger partial charge < -0.3 is 21.1 Å². The average molecular weight is 366 g/mol. The molecule has 8 heteroatoms. The van der Waals surface area contributed by atoms with Crippen molar-refractivity contribution in [3.05, 3.63) is 57.5 Å². The third kappa shape index (κ3) is 6.64. The van der Waals surface area contributed by atoms with Crippen molar-refractivity contribution in [2.75, 3.05) is 0 Å². The Kier molecular flexibility index (Phi) is 10.5. The van der Waals surface area contributed by atoms with E-state index in [-0.39, 0.29) is 18.2 Å². The van der Waals surface area contributed by atoms with Gasteiger partial charge in [-0.25, -0.2) is 9.37 Å². The molecule has 0 saturated carbocycles. The van der Waals surface area contributed by atoms with Gasteiger partial charge in [0.05, 0.1) is 6.04 Å². The summed E-state index contributed by atoms with van der Waals surface area (Å²) >= 11 is 0. The van der Waals surface area contributed by atoms with E-state index in [2.05, 4.69) is 15.3 Å². The molecule has 0 aliphatic rings.